The van der Waals surface area contributed by atoms with Crippen LogP contribution in [0.25, 0.3) is 0 Å². The molecule has 1 aliphatic rings. The van der Waals surface area contributed by atoms with Crippen LogP contribution in [0.4, 0.5) is 0 Å². The molecule has 0 saturated carbocycles. The zero-order valence-corrected chi connectivity index (χ0v) is 13.6. The molecule has 2 atom stereocenters. The van der Waals surface area contributed by atoms with Gasteiger partial charge in [-0.15, -0.1) is 0 Å². The topological polar surface area (TPSA) is 64.0 Å². The number of sulfone groups is 1. The highest BCUT2D eigenvalue weighted by atomic mass is 32.2. The molecule has 1 saturated heterocycles. The van der Waals surface area contributed by atoms with Crippen LogP contribution >= 0.6 is 0 Å². The summed E-state index contributed by atoms with van der Waals surface area (Å²) in [5, 5.41) is 8.01. The Morgan fingerprint density at radius 3 is 2.65 bits per heavy atom. The molecule has 20 heavy (non-hydrogen) atoms. The van der Waals surface area contributed by atoms with Crippen LogP contribution in [0.2, 0.25) is 0 Å². The van der Waals surface area contributed by atoms with Crippen molar-refractivity contribution in [2.45, 2.75) is 46.7 Å². The lowest BCUT2D eigenvalue weighted by Gasteiger charge is -2.17. The van der Waals surface area contributed by atoms with Gasteiger partial charge in [-0.2, -0.15) is 5.10 Å². The van der Waals surface area contributed by atoms with E-state index in [0.29, 0.717) is 11.5 Å². The van der Waals surface area contributed by atoms with Gasteiger partial charge in [-0.05, 0) is 46.6 Å². The van der Waals surface area contributed by atoms with Gasteiger partial charge < -0.3 is 5.32 Å². The van der Waals surface area contributed by atoms with Crippen LogP contribution in [0.3, 0.4) is 0 Å². The second kappa shape index (κ2) is 5.85. The molecule has 1 aliphatic heterocycles. The maximum Gasteiger partial charge on any atom is 0.150 e. The third-order valence-electron chi connectivity index (χ3n) is 4.21. The average Bonchev–Trinajstić information content (AvgIpc) is 2.86. The molecule has 6 heteroatoms. The molecule has 114 valence electrons. The van der Waals surface area contributed by atoms with E-state index in [9.17, 15) is 8.42 Å². The second-order valence-corrected chi connectivity index (χ2v) is 8.03. The summed E-state index contributed by atoms with van der Waals surface area (Å²) < 4.78 is 24.9. The van der Waals surface area contributed by atoms with Gasteiger partial charge in [0.05, 0.1) is 17.2 Å². The number of hydrogen-bond acceptors (Lipinski definition) is 4. The zero-order chi connectivity index (χ0) is 14.9. The summed E-state index contributed by atoms with van der Waals surface area (Å²) >= 11 is 0. The molecule has 2 unspecified atom stereocenters. The van der Waals surface area contributed by atoms with E-state index in [1.54, 1.807) is 0 Å². The maximum atomic E-state index is 11.5. The predicted octanol–water partition coefficient (Wildman–Crippen LogP) is 1.61. The quantitative estimate of drug-likeness (QED) is 0.897. The Kier molecular flexibility index (Phi) is 4.54. The van der Waals surface area contributed by atoms with Gasteiger partial charge in [-0.1, -0.05) is 0 Å². The summed E-state index contributed by atoms with van der Waals surface area (Å²) in [6.07, 6.45) is 0.786. The minimum atomic E-state index is -2.78. The highest BCUT2D eigenvalue weighted by Crippen LogP contribution is 2.23. The summed E-state index contributed by atoms with van der Waals surface area (Å²) in [6.45, 7) is 9.98. The van der Waals surface area contributed by atoms with E-state index in [-0.39, 0.29) is 12.0 Å². The van der Waals surface area contributed by atoms with E-state index in [0.717, 1.165) is 25.2 Å². The number of aryl methyl sites for hydroxylation is 2. The highest BCUT2D eigenvalue weighted by Gasteiger charge is 2.28. The summed E-state index contributed by atoms with van der Waals surface area (Å²) in [5.41, 5.74) is 3.50. The molecule has 0 spiro atoms. The lowest BCUT2D eigenvalue weighted by Crippen LogP contribution is -2.27. The maximum absolute atomic E-state index is 11.5. The molecule has 5 nitrogen and oxygen atoms in total. The second-order valence-electron chi connectivity index (χ2n) is 5.80. The summed E-state index contributed by atoms with van der Waals surface area (Å²) in [4.78, 5) is 0. The van der Waals surface area contributed by atoms with Crippen LogP contribution < -0.4 is 5.32 Å². The molecule has 0 aliphatic carbocycles. The minimum Gasteiger partial charge on any atom is -0.310 e. The lowest BCUT2D eigenvalue weighted by atomic mass is 10.0. The molecule has 0 radical (unpaired) electrons. The van der Waals surface area contributed by atoms with Crippen molar-refractivity contribution in [3.05, 3.63) is 17.0 Å². The van der Waals surface area contributed by atoms with E-state index in [2.05, 4.69) is 31.2 Å². The van der Waals surface area contributed by atoms with Gasteiger partial charge in [0.15, 0.2) is 9.84 Å². The number of nitrogens with zero attached hydrogens (tertiary/aromatic N) is 2. The molecule has 1 aromatic heterocycles. The standard InChI is InChI=1S/C14H25N3O2S/c1-5-17-12(4)14(11(3)16-17)10(2)15-8-13-6-7-20(18,19)9-13/h10,13,15H,5-9H2,1-4H3. The van der Waals surface area contributed by atoms with Crippen LogP contribution in [-0.2, 0) is 16.4 Å². The fraction of sp³-hybridized carbons (Fsp3) is 0.786. The lowest BCUT2D eigenvalue weighted by molar-refractivity contribution is 0.474. The minimum absolute atomic E-state index is 0.207. The number of aromatic nitrogens is 2. The molecule has 1 aromatic rings. The molecule has 0 aromatic carbocycles. The summed E-state index contributed by atoms with van der Waals surface area (Å²) in [7, 11) is -2.78. The van der Waals surface area contributed by atoms with Gasteiger partial charge in [0, 0.05) is 23.8 Å². The van der Waals surface area contributed by atoms with Crippen molar-refractivity contribution in [3.63, 3.8) is 0 Å². The van der Waals surface area contributed by atoms with Gasteiger partial charge in [0.2, 0.25) is 0 Å². The van der Waals surface area contributed by atoms with Crippen LogP contribution in [0, 0.1) is 19.8 Å². The van der Waals surface area contributed by atoms with Crippen LogP contribution in [-0.4, -0.2) is 36.2 Å². The van der Waals surface area contributed by atoms with Crippen LogP contribution in [0.5, 0.6) is 0 Å². The fourth-order valence-electron chi connectivity index (χ4n) is 3.12. The summed E-state index contributed by atoms with van der Waals surface area (Å²) in [5.74, 6) is 0.933. The smallest absolute Gasteiger partial charge is 0.150 e. The third kappa shape index (κ3) is 3.23. The molecule has 2 heterocycles. The normalized spacial score (nSPS) is 23.1. The third-order valence-corrected chi connectivity index (χ3v) is 6.05. The van der Waals surface area contributed by atoms with Crippen molar-refractivity contribution in [3.8, 4) is 0 Å². The first-order valence-corrected chi connectivity index (χ1v) is 9.14. The Hall–Kier alpha value is -0.880. The van der Waals surface area contributed by atoms with Crippen molar-refractivity contribution in [2.24, 2.45) is 5.92 Å². The van der Waals surface area contributed by atoms with E-state index in [4.69, 9.17) is 0 Å². The molecule has 2 rings (SSSR count). The highest BCUT2D eigenvalue weighted by molar-refractivity contribution is 7.91. The van der Waals surface area contributed by atoms with Gasteiger partial charge in [0.25, 0.3) is 0 Å². The van der Waals surface area contributed by atoms with Gasteiger partial charge in [-0.3, -0.25) is 4.68 Å². The van der Waals surface area contributed by atoms with Crippen molar-refractivity contribution < 1.29 is 8.42 Å². The molecule has 1 N–H and O–H groups in total. The number of hydrogen-bond donors (Lipinski definition) is 1. The molecular formula is C14H25N3O2S. The fourth-order valence-corrected chi connectivity index (χ4v) is 4.99. The van der Waals surface area contributed by atoms with Crippen molar-refractivity contribution >= 4 is 9.84 Å². The molecule has 0 amide bonds. The molecular weight excluding hydrogens is 274 g/mol. The van der Waals surface area contributed by atoms with Crippen molar-refractivity contribution in [1.29, 1.82) is 0 Å². The van der Waals surface area contributed by atoms with E-state index < -0.39 is 9.84 Å². The first kappa shape index (κ1) is 15.5. The largest absolute Gasteiger partial charge is 0.310 e. The predicted molar refractivity (Wildman–Crippen MR) is 80.6 cm³/mol. The van der Waals surface area contributed by atoms with E-state index in [1.165, 1.54) is 11.3 Å². The Balaban J connectivity index is 1.99. The SMILES string of the molecule is CCn1nc(C)c(C(C)NCC2CCS(=O)(=O)C2)c1C. The van der Waals surface area contributed by atoms with Crippen LogP contribution in [0.15, 0.2) is 0 Å². The monoisotopic (exact) mass is 299 g/mol. The Morgan fingerprint density at radius 1 is 1.45 bits per heavy atom. The number of nitrogens with one attached hydrogen (secondary N) is 1. The van der Waals surface area contributed by atoms with Crippen LogP contribution in [0.1, 0.15) is 43.3 Å². The van der Waals surface area contributed by atoms with E-state index >= 15 is 0 Å². The van der Waals surface area contributed by atoms with Gasteiger partial charge in [0.1, 0.15) is 0 Å². The Bertz CT molecular complexity index is 577. The Morgan fingerprint density at radius 2 is 2.15 bits per heavy atom. The van der Waals surface area contributed by atoms with E-state index in [1.807, 2.05) is 11.6 Å². The van der Waals surface area contributed by atoms with Gasteiger partial charge >= 0.3 is 0 Å². The molecule has 0 bridgehead atoms. The summed E-state index contributed by atoms with van der Waals surface area (Å²) in [6, 6.07) is 0.207. The molecule has 1 fully saturated rings. The zero-order valence-electron chi connectivity index (χ0n) is 12.8. The first-order valence-electron chi connectivity index (χ1n) is 7.31. The first-order chi connectivity index (χ1) is 9.34. The van der Waals surface area contributed by atoms with Crippen molar-refractivity contribution in [2.75, 3.05) is 18.1 Å². The Labute approximate surface area is 121 Å². The van der Waals surface area contributed by atoms with Crippen molar-refractivity contribution in [1.82, 2.24) is 15.1 Å². The average molecular weight is 299 g/mol. The number of rotatable bonds is 5. The van der Waals surface area contributed by atoms with Gasteiger partial charge in [-0.25, -0.2) is 8.42 Å².